The van der Waals surface area contributed by atoms with Gasteiger partial charge < -0.3 is 14.6 Å². The molecule has 1 aliphatic heterocycles. The summed E-state index contributed by atoms with van der Waals surface area (Å²) in [7, 11) is 0. The summed E-state index contributed by atoms with van der Waals surface area (Å²) in [6.07, 6.45) is 0.0502. The monoisotopic (exact) mass is 328 g/mol. The van der Waals surface area contributed by atoms with Crippen molar-refractivity contribution in [1.29, 1.82) is 0 Å². The Bertz CT molecular complexity index is 534. The van der Waals surface area contributed by atoms with Gasteiger partial charge in [0.1, 0.15) is 0 Å². The number of fused-ring (bicyclic) bond motifs is 1. The van der Waals surface area contributed by atoms with E-state index in [1.807, 2.05) is 39.8 Å². The molecule has 1 heterocycles. The van der Waals surface area contributed by atoms with Gasteiger partial charge in [0.15, 0.2) is 11.5 Å². The van der Waals surface area contributed by atoms with Gasteiger partial charge in [-0.15, -0.1) is 0 Å². The minimum atomic E-state index is -0.824. The van der Waals surface area contributed by atoms with Crippen molar-refractivity contribution in [3.8, 4) is 11.5 Å². The Kier molecular flexibility index (Phi) is 3.29. The Labute approximate surface area is 120 Å². The first-order valence-corrected chi connectivity index (χ1v) is 6.84. The maximum atomic E-state index is 11.0. The van der Waals surface area contributed by atoms with Crippen LogP contribution in [0.15, 0.2) is 16.6 Å². The van der Waals surface area contributed by atoms with Crippen LogP contribution in [0.5, 0.6) is 11.5 Å². The summed E-state index contributed by atoms with van der Waals surface area (Å²) >= 11 is 3.48. The summed E-state index contributed by atoms with van der Waals surface area (Å²) in [6.45, 7) is 7.47. The van der Waals surface area contributed by atoms with E-state index in [0.717, 1.165) is 10.0 Å². The van der Waals surface area contributed by atoms with E-state index in [0.29, 0.717) is 11.5 Å². The van der Waals surface area contributed by atoms with E-state index in [2.05, 4.69) is 15.9 Å². The third-order valence-corrected chi connectivity index (χ3v) is 3.72. The molecule has 0 amide bonds. The van der Waals surface area contributed by atoms with Crippen LogP contribution in [0.1, 0.15) is 39.7 Å². The van der Waals surface area contributed by atoms with Gasteiger partial charge in [0.2, 0.25) is 5.79 Å². The molecule has 1 N–H and O–H groups in total. The minimum Gasteiger partial charge on any atom is -0.481 e. The fourth-order valence-electron chi connectivity index (χ4n) is 2.24. The van der Waals surface area contributed by atoms with Gasteiger partial charge in [-0.05, 0) is 17.7 Å². The number of aliphatic carboxylic acids is 1. The van der Waals surface area contributed by atoms with Crippen LogP contribution in [0.3, 0.4) is 0 Å². The molecule has 0 saturated heterocycles. The van der Waals surface area contributed by atoms with Gasteiger partial charge in [-0.25, -0.2) is 0 Å². The summed E-state index contributed by atoms with van der Waals surface area (Å²) in [5.74, 6) is -0.180. The molecule has 0 spiro atoms. The zero-order valence-electron chi connectivity index (χ0n) is 11.4. The van der Waals surface area contributed by atoms with Crippen molar-refractivity contribution in [2.24, 2.45) is 0 Å². The second-order valence-corrected chi connectivity index (χ2v) is 6.69. The number of benzene rings is 1. The largest absolute Gasteiger partial charge is 0.481 e. The van der Waals surface area contributed by atoms with Gasteiger partial charge >= 0.3 is 5.97 Å². The standard InChI is InChI=1S/C14H17BrO4/c1-13(2,7-12(16)17)8-5-10-11(6-9(8)15)19-14(3,4)18-10/h5-6H,7H2,1-4H3,(H,16,17). The first-order valence-electron chi connectivity index (χ1n) is 6.05. The molecule has 19 heavy (non-hydrogen) atoms. The number of carboxylic acid groups (broad SMARTS) is 1. The molecule has 1 aromatic carbocycles. The van der Waals surface area contributed by atoms with Crippen LogP contribution in [0.25, 0.3) is 0 Å². The molecule has 4 nitrogen and oxygen atoms in total. The number of carbonyl (C=O) groups is 1. The lowest BCUT2D eigenvalue weighted by Gasteiger charge is -2.24. The predicted octanol–water partition coefficient (Wildman–Crippen LogP) is 3.71. The second kappa shape index (κ2) is 4.40. The zero-order valence-corrected chi connectivity index (χ0v) is 13.0. The summed E-state index contributed by atoms with van der Waals surface area (Å²) in [5, 5.41) is 9.01. The Hall–Kier alpha value is -1.23. The van der Waals surface area contributed by atoms with Crippen LogP contribution in [-0.2, 0) is 10.2 Å². The molecule has 104 valence electrons. The average molecular weight is 329 g/mol. The molecule has 0 unspecified atom stereocenters. The predicted molar refractivity (Wildman–Crippen MR) is 74.8 cm³/mol. The number of halogens is 1. The lowest BCUT2D eigenvalue weighted by atomic mass is 9.81. The van der Waals surface area contributed by atoms with Crippen LogP contribution in [0.4, 0.5) is 0 Å². The molecule has 0 radical (unpaired) electrons. The van der Waals surface area contributed by atoms with Crippen molar-refractivity contribution in [2.75, 3.05) is 0 Å². The molecule has 0 atom stereocenters. The summed E-state index contributed by atoms with van der Waals surface area (Å²) in [5.41, 5.74) is 0.408. The summed E-state index contributed by atoms with van der Waals surface area (Å²) in [4.78, 5) is 11.0. The lowest BCUT2D eigenvalue weighted by molar-refractivity contribution is -0.138. The van der Waals surface area contributed by atoms with Gasteiger partial charge in [0.25, 0.3) is 0 Å². The molecule has 0 bridgehead atoms. The normalized spacial score (nSPS) is 16.5. The third-order valence-electron chi connectivity index (χ3n) is 3.07. The third kappa shape index (κ3) is 2.86. The van der Waals surface area contributed by atoms with E-state index in [1.165, 1.54) is 0 Å². The Morgan fingerprint density at radius 1 is 1.32 bits per heavy atom. The fraction of sp³-hybridized carbons (Fsp3) is 0.500. The first kappa shape index (κ1) is 14.2. The molecule has 2 rings (SSSR count). The maximum Gasteiger partial charge on any atom is 0.304 e. The van der Waals surface area contributed by atoms with Crippen molar-refractivity contribution in [2.45, 2.75) is 45.3 Å². The average Bonchev–Trinajstić information content (AvgIpc) is 2.47. The molecule has 0 saturated carbocycles. The molecule has 0 aromatic heterocycles. The number of carboxylic acids is 1. The van der Waals surface area contributed by atoms with Crippen LogP contribution < -0.4 is 9.47 Å². The van der Waals surface area contributed by atoms with E-state index in [9.17, 15) is 4.79 Å². The van der Waals surface area contributed by atoms with Gasteiger partial charge in [-0.1, -0.05) is 29.8 Å². The topological polar surface area (TPSA) is 55.8 Å². The first-order chi connectivity index (χ1) is 8.61. The van der Waals surface area contributed by atoms with Gasteiger partial charge in [-0.3, -0.25) is 4.79 Å². The maximum absolute atomic E-state index is 11.0. The Morgan fingerprint density at radius 3 is 2.37 bits per heavy atom. The van der Waals surface area contributed by atoms with E-state index < -0.39 is 17.2 Å². The van der Waals surface area contributed by atoms with Crippen molar-refractivity contribution in [3.63, 3.8) is 0 Å². The smallest absolute Gasteiger partial charge is 0.304 e. The van der Waals surface area contributed by atoms with Crippen molar-refractivity contribution in [3.05, 3.63) is 22.2 Å². The van der Waals surface area contributed by atoms with E-state index in [4.69, 9.17) is 14.6 Å². The SMILES string of the molecule is CC1(C)Oc2cc(Br)c(C(C)(C)CC(=O)O)cc2O1. The van der Waals surface area contributed by atoms with Crippen LogP contribution >= 0.6 is 15.9 Å². The molecule has 1 aromatic rings. The number of hydrogen-bond acceptors (Lipinski definition) is 3. The van der Waals surface area contributed by atoms with Crippen molar-refractivity contribution < 1.29 is 19.4 Å². The van der Waals surface area contributed by atoms with E-state index >= 15 is 0 Å². The van der Waals surface area contributed by atoms with E-state index in [1.54, 1.807) is 0 Å². The zero-order chi connectivity index (χ0) is 14.4. The summed E-state index contributed by atoms with van der Waals surface area (Å²) in [6, 6.07) is 3.69. The lowest BCUT2D eigenvalue weighted by Crippen LogP contribution is -2.29. The summed E-state index contributed by atoms with van der Waals surface area (Å²) < 4.78 is 12.2. The minimum absolute atomic E-state index is 0.0502. The van der Waals surface area contributed by atoms with Gasteiger partial charge in [0.05, 0.1) is 6.42 Å². The highest BCUT2D eigenvalue weighted by atomic mass is 79.9. The van der Waals surface area contributed by atoms with Crippen molar-refractivity contribution >= 4 is 21.9 Å². The van der Waals surface area contributed by atoms with Gasteiger partial charge in [-0.2, -0.15) is 0 Å². The Balaban J connectivity index is 2.42. The number of ether oxygens (including phenoxy) is 2. The molecular formula is C14H17BrO4. The van der Waals surface area contributed by atoms with Crippen molar-refractivity contribution in [1.82, 2.24) is 0 Å². The number of rotatable bonds is 3. The fourth-order valence-corrected chi connectivity index (χ4v) is 3.10. The van der Waals surface area contributed by atoms with Crippen LogP contribution in [-0.4, -0.2) is 16.9 Å². The molecule has 0 aliphatic carbocycles. The Morgan fingerprint density at radius 2 is 1.84 bits per heavy atom. The molecule has 1 aliphatic rings. The number of hydrogen-bond donors (Lipinski definition) is 1. The molecular weight excluding hydrogens is 312 g/mol. The highest BCUT2D eigenvalue weighted by Gasteiger charge is 2.35. The quantitative estimate of drug-likeness (QED) is 0.918. The van der Waals surface area contributed by atoms with E-state index in [-0.39, 0.29) is 6.42 Å². The highest BCUT2D eigenvalue weighted by molar-refractivity contribution is 9.10. The second-order valence-electron chi connectivity index (χ2n) is 5.84. The molecule has 5 heteroatoms. The molecule has 0 fully saturated rings. The van der Waals surface area contributed by atoms with Crippen LogP contribution in [0.2, 0.25) is 0 Å². The highest BCUT2D eigenvalue weighted by Crippen LogP contribution is 2.45. The van der Waals surface area contributed by atoms with Gasteiger partial charge in [0, 0.05) is 23.7 Å². The van der Waals surface area contributed by atoms with Crippen LogP contribution in [0, 0.1) is 0 Å².